The minimum atomic E-state index is -0.623. The Morgan fingerprint density at radius 1 is 1.07 bits per heavy atom. The van der Waals surface area contributed by atoms with Gasteiger partial charge in [0.05, 0.1) is 16.6 Å². The van der Waals surface area contributed by atoms with Crippen molar-refractivity contribution < 1.29 is 19.1 Å². The number of fused-ring (bicyclic) bond motifs is 1. The normalized spacial score (nSPS) is 12.1. The number of nitrogens with zero attached hydrogens (tertiary/aromatic N) is 1. The van der Waals surface area contributed by atoms with Crippen LogP contribution < -0.4 is 20.1 Å². The predicted octanol–water partition coefficient (Wildman–Crippen LogP) is 3.50. The second-order valence-electron chi connectivity index (χ2n) is 5.99. The Bertz CT molecular complexity index is 876. The number of ether oxygens (including phenoxy) is 2. The third-order valence-corrected chi connectivity index (χ3v) is 4.47. The van der Waals surface area contributed by atoms with Crippen LogP contribution in [0.3, 0.4) is 0 Å². The van der Waals surface area contributed by atoms with Gasteiger partial charge >= 0.3 is 6.03 Å². The highest BCUT2D eigenvalue weighted by Gasteiger charge is 2.15. The highest BCUT2D eigenvalue weighted by Crippen LogP contribution is 2.34. The van der Waals surface area contributed by atoms with Crippen molar-refractivity contribution >= 4 is 40.8 Å². The highest BCUT2D eigenvalue weighted by atomic mass is 35.5. The molecule has 1 aliphatic heterocycles. The lowest BCUT2D eigenvalue weighted by Crippen LogP contribution is -2.40. The molecular formula is C18H17Cl2N3O4. The Hall–Kier alpha value is -2.48. The number of carbonyl (C=O) groups excluding carboxylic acids is 2. The van der Waals surface area contributed by atoms with Crippen LogP contribution in [0.5, 0.6) is 11.5 Å². The minimum absolute atomic E-state index is 0.0365. The Balaban J connectivity index is 1.47. The summed E-state index contributed by atoms with van der Waals surface area (Å²) in [6.07, 6.45) is 0. The maximum absolute atomic E-state index is 12.0. The molecule has 0 bridgehead atoms. The summed E-state index contributed by atoms with van der Waals surface area (Å²) in [6.45, 7) is 0.664. The first kappa shape index (κ1) is 19.3. The fraction of sp³-hybridized carbons (Fsp3) is 0.222. The summed E-state index contributed by atoms with van der Waals surface area (Å²) in [7, 11) is 1.76. The maximum Gasteiger partial charge on any atom is 0.325 e. The van der Waals surface area contributed by atoms with E-state index in [-0.39, 0.29) is 13.3 Å². The standard InChI is InChI=1S/C18H17Cl2N3O4/c1-23(8-11-2-4-13(19)14(20)6-11)9-17(24)22-18(25)21-12-3-5-15-16(7-12)27-10-26-15/h2-7H,8-10H2,1H3,(H2,21,22,24,25). The molecular weight excluding hydrogens is 393 g/mol. The van der Waals surface area contributed by atoms with E-state index in [2.05, 4.69) is 10.6 Å². The van der Waals surface area contributed by atoms with Crippen molar-refractivity contribution in [2.24, 2.45) is 0 Å². The third kappa shape index (κ3) is 5.26. The number of hydrogen-bond acceptors (Lipinski definition) is 5. The zero-order chi connectivity index (χ0) is 19.4. The molecule has 9 heteroatoms. The summed E-state index contributed by atoms with van der Waals surface area (Å²) in [5, 5.41) is 5.79. The van der Waals surface area contributed by atoms with Gasteiger partial charge in [-0.1, -0.05) is 29.3 Å². The molecule has 142 valence electrons. The number of rotatable bonds is 5. The Labute approximate surface area is 166 Å². The topological polar surface area (TPSA) is 79.9 Å². The fourth-order valence-electron chi connectivity index (χ4n) is 2.55. The number of carbonyl (C=O) groups is 2. The van der Waals surface area contributed by atoms with Crippen molar-refractivity contribution in [3.63, 3.8) is 0 Å². The van der Waals surface area contributed by atoms with Gasteiger partial charge in [0, 0.05) is 18.3 Å². The molecule has 0 saturated heterocycles. The molecule has 0 spiro atoms. The molecule has 1 aliphatic rings. The number of halogens is 2. The van der Waals surface area contributed by atoms with E-state index in [4.69, 9.17) is 32.7 Å². The lowest BCUT2D eigenvalue weighted by Gasteiger charge is -2.16. The van der Waals surface area contributed by atoms with Gasteiger partial charge in [-0.25, -0.2) is 4.79 Å². The van der Waals surface area contributed by atoms with Crippen LogP contribution in [0, 0.1) is 0 Å². The van der Waals surface area contributed by atoms with Gasteiger partial charge in [-0.2, -0.15) is 0 Å². The summed E-state index contributed by atoms with van der Waals surface area (Å²) in [4.78, 5) is 25.8. The molecule has 2 aromatic rings. The van der Waals surface area contributed by atoms with Crippen molar-refractivity contribution in [1.29, 1.82) is 0 Å². The van der Waals surface area contributed by atoms with E-state index >= 15 is 0 Å². The lowest BCUT2D eigenvalue weighted by atomic mass is 10.2. The Morgan fingerprint density at radius 3 is 2.63 bits per heavy atom. The number of benzene rings is 2. The van der Waals surface area contributed by atoms with Crippen LogP contribution in [0.1, 0.15) is 5.56 Å². The average Bonchev–Trinajstić information content (AvgIpc) is 3.05. The lowest BCUT2D eigenvalue weighted by molar-refractivity contribution is -0.120. The number of urea groups is 1. The summed E-state index contributed by atoms with van der Waals surface area (Å²) >= 11 is 11.9. The summed E-state index contributed by atoms with van der Waals surface area (Å²) in [5.74, 6) is 0.720. The molecule has 3 rings (SSSR count). The van der Waals surface area contributed by atoms with E-state index in [1.165, 1.54) is 0 Å². The Morgan fingerprint density at radius 2 is 1.85 bits per heavy atom. The van der Waals surface area contributed by atoms with E-state index in [1.54, 1.807) is 42.3 Å². The maximum atomic E-state index is 12.0. The monoisotopic (exact) mass is 409 g/mol. The van der Waals surface area contributed by atoms with Gasteiger partial charge in [-0.15, -0.1) is 0 Å². The van der Waals surface area contributed by atoms with Crippen LogP contribution in [-0.2, 0) is 11.3 Å². The number of amides is 3. The number of hydrogen-bond donors (Lipinski definition) is 2. The van der Waals surface area contributed by atoms with Gasteiger partial charge in [0.2, 0.25) is 12.7 Å². The van der Waals surface area contributed by atoms with Crippen LogP contribution in [-0.4, -0.2) is 37.2 Å². The first-order valence-electron chi connectivity index (χ1n) is 8.03. The third-order valence-electron chi connectivity index (χ3n) is 3.73. The Kier molecular flexibility index (Phi) is 6.05. The molecule has 0 aromatic heterocycles. The molecule has 2 aromatic carbocycles. The van der Waals surface area contributed by atoms with Crippen LogP contribution in [0.2, 0.25) is 10.0 Å². The van der Waals surface area contributed by atoms with Crippen molar-refractivity contribution in [3.05, 3.63) is 52.0 Å². The van der Waals surface area contributed by atoms with E-state index < -0.39 is 11.9 Å². The first-order chi connectivity index (χ1) is 12.9. The van der Waals surface area contributed by atoms with Crippen LogP contribution >= 0.6 is 23.2 Å². The van der Waals surface area contributed by atoms with Gasteiger partial charge in [0.1, 0.15) is 0 Å². The molecule has 7 nitrogen and oxygen atoms in total. The van der Waals surface area contributed by atoms with Crippen LogP contribution in [0.15, 0.2) is 36.4 Å². The van der Waals surface area contributed by atoms with Gasteiger partial charge in [0.15, 0.2) is 11.5 Å². The van der Waals surface area contributed by atoms with Crippen molar-refractivity contribution in [1.82, 2.24) is 10.2 Å². The highest BCUT2D eigenvalue weighted by molar-refractivity contribution is 6.42. The predicted molar refractivity (Wildman–Crippen MR) is 103 cm³/mol. The quantitative estimate of drug-likeness (QED) is 0.789. The molecule has 2 N–H and O–H groups in total. The molecule has 3 amide bonds. The molecule has 0 saturated carbocycles. The molecule has 1 heterocycles. The molecule has 0 fully saturated rings. The van der Waals surface area contributed by atoms with Gasteiger partial charge in [-0.3, -0.25) is 15.0 Å². The summed E-state index contributed by atoms with van der Waals surface area (Å²) in [5.41, 5.74) is 1.40. The van der Waals surface area contributed by atoms with E-state index in [0.717, 1.165) is 5.56 Å². The average molecular weight is 410 g/mol. The number of imide groups is 1. The second-order valence-corrected chi connectivity index (χ2v) is 6.81. The van der Waals surface area contributed by atoms with E-state index in [9.17, 15) is 9.59 Å². The summed E-state index contributed by atoms with van der Waals surface area (Å²) in [6, 6.07) is 9.62. The van der Waals surface area contributed by atoms with Crippen molar-refractivity contribution in [2.45, 2.75) is 6.54 Å². The molecule has 0 aliphatic carbocycles. The van der Waals surface area contributed by atoms with E-state index in [1.807, 2.05) is 6.07 Å². The largest absolute Gasteiger partial charge is 0.454 e. The molecule has 27 heavy (non-hydrogen) atoms. The molecule has 0 unspecified atom stereocenters. The second kappa shape index (κ2) is 8.47. The zero-order valence-corrected chi connectivity index (χ0v) is 15.9. The van der Waals surface area contributed by atoms with Gasteiger partial charge < -0.3 is 14.8 Å². The van der Waals surface area contributed by atoms with Crippen molar-refractivity contribution in [3.8, 4) is 11.5 Å². The minimum Gasteiger partial charge on any atom is -0.454 e. The first-order valence-corrected chi connectivity index (χ1v) is 8.79. The van der Waals surface area contributed by atoms with Gasteiger partial charge in [0.25, 0.3) is 0 Å². The van der Waals surface area contributed by atoms with Gasteiger partial charge in [-0.05, 0) is 36.9 Å². The van der Waals surface area contributed by atoms with Crippen LogP contribution in [0.4, 0.5) is 10.5 Å². The smallest absolute Gasteiger partial charge is 0.325 e. The van der Waals surface area contributed by atoms with E-state index in [0.29, 0.717) is 33.8 Å². The zero-order valence-electron chi connectivity index (χ0n) is 14.4. The molecule has 0 radical (unpaired) electrons. The number of anilines is 1. The number of likely N-dealkylation sites (N-methyl/N-ethyl adjacent to an activating group) is 1. The van der Waals surface area contributed by atoms with Crippen molar-refractivity contribution in [2.75, 3.05) is 25.7 Å². The van der Waals surface area contributed by atoms with Crippen LogP contribution in [0.25, 0.3) is 0 Å². The molecule has 0 atom stereocenters. The fourth-order valence-corrected chi connectivity index (χ4v) is 2.87. The summed E-state index contributed by atoms with van der Waals surface area (Å²) < 4.78 is 10.4. The SMILES string of the molecule is CN(CC(=O)NC(=O)Nc1ccc2c(c1)OCO2)Cc1ccc(Cl)c(Cl)c1. The number of nitrogens with one attached hydrogen (secondary N) is 2.